The van der Waals surface area contributed by atoms with Gasteiger partial charge >= 0.3 is 28.5 Å². The van der Waals surface area contributed by atoms with Crippen LogP contribution in [0.15, 0.2) is 107 Å². The summed E-state index contributed by atoms with van der Waals surface area (Å²) in [5.74, 6) is 1.13. The van der Waals surface area contributed by atoms with E-state index in [0.29, 0.717) is 31.4 Å². The van der Waals surface area contributed by atoms with E-state index in [0.717, 1.165) is 69.9 Å². The number of phosphoric acid groups is 2. The maximum absolute atomic E-state index is 13.1. The first kappa shape index (κ1) is 63.9. The Kier molecular flexibility index (Phi) is 20.0. The van der Waals surface area contributed by atoms with E-state index in [1.165, 1.54) is 23.0 Å². The van der Waals surface area contributed by atoms with Crippen molar-refractivity contribution in [2.45, 2.75) is 95.2 Å². The molecule has 1 fully saturated rings. The van der Waals surface area contributed by atoms with Gasteiger partial charge in [0.25, 0.3) is 10.1 Å². The molecule has 452 valence electrons. The Bertz CT molecular complexity index is 3800. The van der Waals surface area contributed by atoms with Crippen molar-refractivity contribution < 1.29 is 83.4 Å². The number of nitrogens with zero attached hydrogens (tertiary/aromatic N) is 6. The van der Waals surface area contributed by atoms with Crippen LogP contribution in [0.4, 0.5) is 16.3 Å². The number of imidazole rings is 1. The van der Waals surface area contributed by atoms with Crippen LogP contribution in [0.5, 0.6) is 0 Å². The van der Waals surface area contributed by atoms with Gasteiger partial charge in [-0.2, -0.15) is 12.7 Å². The molecule has 2 aromatic carbocycles. The standard InChI is InChI=1S/C52H64N9O18P3S2/c1-6-59(7-2)34-20-22-37-36(32(3)46(75-40(37)27-34)33-15-10-8-11-16-33)17-14-18-42-52(4,5)38-28-35(84(71,72)73)21-23-39(38)60(42)26-13-9-12-19-43(62)54-24-25-55-51(64)77-47-41(29-74-80(65,66)78-81(67,68)79-82(69,70)83)76-50(45(47)63)61-31-58-44-48(53)56-30-57-49(44)61/h8,10-11,14-18,20-23,27-28,30-31,41,45,47,50,63H,6-7,9,12-13,19,24-26,29H2,1-5H3,(H8-,53,54,55,56,57,62,64,65,66,67,68,69,70,71,72,73,83)/p+1/t41-,45-,47-,50-/m1/s1. The number of amides is 2. The molecule has 2 aromatic heterocycles. The molecule has 32 heteroatoms. The fraction of sp³-hybridized carbons (Fsp3) is 0.385. The number of nitrogens with one attached hydrogen (secondary N) is 2. The Balaban J connectivity index is 0.892. The second kappa shape index (κ2) is 26.3. The number of ether oxygens (including phenoxy) is 2. The topological polar surface area (TPSA) is 383 Å². The number of anilines is 2. The first-order chi connectivity index (χ1) is 39.6. The van der Waals surface area contributed by atoms with Gasteiger partial charge < -0.3 is 59.8 Å². The van der Waals surface area contributed by atoms with Gasteiger partial charge in [-0.25, -0.2) is 37.8 Å². The zero-order valence-corrected chi connectivity index (χ0v) is 50.4. The van der Waals surface area contributed by atoms with Crippen LogP contribution in [0.3, 0.4) is 0 Å². The summed E-state index contributed by atoms with van der Waals surface area (Å²) in [6, 6.07) is 20.7. The summed E-state index contributed by atoms with van der Waals surface area (Å²) in [5, 5.41) is 17.6. The van der Waals surface area contributed by atoms with Crippen LogP contribution in [-0.2, 0) is 63.9 Å². The molecule has 1 saturated heterocycles. The van der Waals surface area contributed by atoms with Gasteiger partial charge in [-0.05, 0) is 86.9 Å². The van der Waals surface area contributed by atoms with Gasteiger partial charge in [0, 0.05) is 65.6 Å². The first-order valence-electron chi connectivity index (χ1n) is 26.4. The van der Waals surface area contributed by atoms with Crippen LogP contribution in [-0.4, -0.2) is 127 Å². The van der Waals surface area contributed by atoms with Crippen molar-refractivity contribution in [1.82, 2.24) is 34.7 Å². The minimum atomic E-state index is -5.69. The normalized spacial score (nSPS) is 19.8. The minimum Gasteiger partial charge on any atom is -0.456 e. The average molecular weight is 1260 g/mol. The van der Waals surface area contributed by atoms with Gasteiger partial charge in [-0.1, -0.05) is 62.8 Å². The maximum Gasteiger partial charge on any atom is 0.488 e. The molecule has 0 spiro atoms. The molecular weight excluding hydrogens is 1200 g/mol. The van der Waals surface area contributed by atoms with Crippen LogP contribution in [0.1, 0.15) is 76.3 Å². The smallest absolute Gasteiger partial charge is 0.456 e. The molecule has 0 radical (unpaired) electrons. The molecule has 4 aromatic rings. The van der Waals surface area contributed by atoms with Crippen molar-refractivity contribution in [3.63, 3.8) is 0 Å². The molecule has 0 bridgehead atoms. The number of unbranched alkanes of at least 4 members (excludes halogenated alkanes) is 2. The average Bonchev–Trinajstić information content (AvgIpc) is 1.84. The number of aromatic nitrogens is 4. The number of hydrogen-bond donors (Lipinski definition) is 9. The predicted molar refractivity (Wildman–Crippen MR) is 311 cm³/mol. The van der Waals surface area contributed by atoms with Crippen molar-refractivity contribution in [3.8, 4) is 22.6 Å². The van der Waals surface area contributed by atoms with Crippen LogP contribution in [0.25, 0.3) is 39.9 Å². The lowest BCUT2D eigenvalue weighted by molar-refractivity contribution is -0.121. The number of fused-ring (bicyclic) bond motifs is 3. The fourth-order valence-electron chi connectivity index (χ4n) is 10.1. The number of aliphatic hydroxyl groups excluding tert-OH is 1. The summed E-state index contributed by atoms with van der Waals surface area (Å²) in [6.45, 7) is 6.26. The monoisotopic (exact) mass is 1260 g/mol. The number of allylic oxidation sites excluding steroid dienone is 3. The Hall–Kier alpha value is -6.10. The highest BCUT2D eigenvalue weighted by Gasteiger charge is 2.50. The highest BCUT2D eigenvalue weighted by Crippen LogP contribution is 2.66. The summed E-state index contributed by atoms with van der Waals surface area (Å²) >= 11 is 4.11. The molecule has 1 aliphatic carbocycles. The van der Waals surface area contributed by atoms with Crippen molar-refractivity contribution >= 4 is 85.0 Å². The molecule has 4 aliphatic rings. The molecule has 5 heterocycles. The van der Waals surface area contributed by atoms with Crippen molar-refractivity contribution in [3.05, 3.63) is 119 Å². The van der Waals surface area contributed by atoms with E-state index >= 15 is 0 Å². The van der Waals surface area contributed by atoms with Gasteiger partial charge in [-0.3, -0.25) is 18.4 Å². The van der Waals surface area contributed by atoms with Crippen LogP contribution >= 0.6 is 22.4 Å². The molecular formula is C52H65N9O18P3S2+. The zero-order valence-electron chi connectivity index (χ0n) is 46.1. The second-order valence-electron chi connectivity index (χ2n) is 20.0. The van der Waals surface area contributed by atoms with Gasteiger partial charge in [0.15, 0.2) is 23.8 Å². The second-order valence-corrected chi connectivity index (χ2v) is 27.3. The van der Waals surface area contributed by atoms with Gasteiger partial charge in [-0.15, -0.1) is 0 Å². The Morgan fingerprint density at radius 1 is 0.940 bits per heavy atom. The molecule has 10 N–H and O–H groups in total. The highest BCUT2D eigenvalue weighted by molar-refractivity contribution is 8.08. The summed E-state index contributed by atoms with van der Waals surface area (Å²) in [5.41, 5.74) is 11.5. The van der Waals surface area contributed by atoms with Crippen LogP contribution in [0.2, 0.25) is 0 Å². The number of carbonyl (C=O) groups is 2. The van der Waals surface area contributed by atoms with Crippen molar-refractivity contribution in [2.75, 3.05) is 50.0 Å². The molecule has 84 heavy (non-hydrogen) atoms. The summed E-state index contributed by atoms with van der Waals surface area (Å²) in [4.78, 5) is 78.5. The number of phosphoric ester groups is 1. The first-order valence-corrected chi connectivity index (χ1v) is 33.4. The predicted octanol–water partition coefficient (Wildman–Crippen LogP) is 6.02. The summed E-state index contributed by atoms with van der Waals surface area (Å²) < 4.78 is 93.7. The van der Waals surface area contributed by atoms with Crippen LogP contribution < -0.4 is 31.2 Å². The largest absolute Gasteiger partial charge is 0.488 e. The number of carbonyl (C=O) groups excluding carboxylic acids is 2. The SMILES string of the molecule is CC[N+](CC)=c1ccc2c(/C=C/C=C3/N(CCCCCC(=O)NCCNC(=O)O[C@H]4[C@@H](O)[C@H](n5cnc6c(N)ncnc65)O[C@@H]4COP(=O)(O)OP(=O)(O)OP(O)(O)=S)c4ccc(S(=O)(=O)O)cc4C3(C)C)c(C)c(-c3ccccc3)oc-2c1. The number of rotatable bonds is 24. The molecule has 2 unspecified atom stereocenters. The molecule has 3 aliphatic heterocycles. The quantitative estimate of drug-likeness (QED) is 0.0145. The van der Waals surface area contributed by atoms with Crippen LogP contribution in [0, 0.1) is 6.92 Å². The number of nitrogen functional groups attached to an aromatic ring is 1. The number of benzene rings is 3. The van der Waals surface area contributed by atoms with Gasteiger partial charge in [0.05, 0.1) is 23.9 Å². The Morgan fingerprint density at radius 3 is 2.37 bits per heavy atom. The Morgan fingerprint density at radius 2 is 1.67 bits per heavy atom. The lowest BCUT2D eigenvalue weighted by Crippen LogP contribution is -2.42. The Labute approximate surface area is 488 Å². The maximum atomic E-state index is 13.1. The fourth-order valence-corrected chi connectivity index (χ4v) is 14.4. The van der Waals surface area contributed by atoms with E-state index in [-0.39, 0.29) is 47.3 Å². The van der Waals surface area contributed by atoms with E-state index in [4.69, 9.17) is 24.1 Å². The lowest BCUT2D eigenvalue weighted by Gasteiger charge is -2.27. The van der Waals surface area contributed by atoms with E-state index in [2.05, 4.69) is 93.6 Å². The van der Waals surface area contributed by atoms with E-state index in [1.54, 1.807) is 6.07 Å². The number of nitrogens with two attached hydrogens (primary N) is 1. The van der Waals surface area contributed by atoms with E-state index in [9.17, 15) is 56.4 Å². The number of alkyl carbamates (subject to hydrolysis) is 1. The molecule has 0 saturated carbocycles. The third kappa shape index (κ3) is 15.1. The molecule has 6 atom stereocenters. The summed E-state index contributed by atoms with van der Waals surface area (Å²) in [7, 11) is -15.8. The van der Waals surface area contributed by atoms with Gasteiger partial charge in [0.1, 0.15) is 48.7 Å². The molecule has 2 amide bonds. The third-order valence-electron chi connectivity index (χ3n) is 14.1. The number of aliphatic hydroxyl groups is 1. The zero-order chi connectivity index (χ0) is 60.9. The number of hydrogen-bond acceptors (Lipinski definition) is 19. The lowest BCUT2D eigenvalue weighted by atomic mass is 9.83. The molecule has 27 nitrogen and oxygen atoms in total. The molecule has 8 rings (SSSR count). The van der Waals surface area contributed by atoms with Crippen molar-refractivity contribution in [2.24, 2.45) is 0 Å². The van der Waals surface area contributed by atoms with E-state index < -0.39 is 75.1 Å². The minimum absolute atomic E-state index is 0.0211. The third-order valence-corrected chi connectivity index (χ3v) is 19.3. The van der Waals surface area contributed by atoms with Gasteiger partial charge in [0.2, 0.25) is 11.3 Å². The van der Waals surface area contributed by atoms with E-state index in [1.807, 2.05) is 63.3 Å². The van der Waals surface area contributed by atoms with Crippen molar-refractivity contribution in [1.29, 1.82) is 0 Å². The summed E-state index contributed by atoms with van der Waals surface area (Å²) in [6.07, 6.45) is 2.57. The highest BCUT2D eigenvalue weighted by atomic mass is 32.5.